The second-order valence-corrected chi connectivity index (χ2v) is 11.7. The van der Waals surface area contributed by atoms with Crippen molar-refractivity contribution in [2.75, 3.05) is 13.1 Å². The molecule has 1 amide bonds. The number of rotatable bonds is 9. The van der Waals surface area contributed by atoms with Crippen LogP contribution >= 0.6 is 0 Å². The maximum absolute atomic E-state index is 13.9. The molecule has 42 heavy (non-hydrogen) atoms. The van der Waals surface area contributed by atoms with Gasteiger partial charge in [0.05, 0.1) is 13.0 Å². The highest BCUT2D eigenvalue weighted by molar-refractivity contribution is 5.80. The lowest BCUT2D eigenvalue weighted by atomic mass is 9.98. The largest absolute Gasteiger partial charge is 0.439 e. The summed E-state index contributed by atoms with van der Waals surface area (Å²) >= 11 is 0. The Hall–Kier alpha value is -4.27. The lowest BCUT2D eigenvalue weighted by molar-refractivity contribution is -0.129. The predicted octanol–water partition coefficient (Wildman–Crippen LogP) is 4.75. The molecule has 2 fully saturated rings. The number of hydrogen-bond acceptors (Lipinski definition) is 6. The maximum Gasteiger partial charge on any atom is 0.439 e. The summed E-state index contributed by atoms with van der Waals surface area (Å²) in [5, 5.41) is 3.85. The summed E-state index contributed by atoms with van der Waals surface area (Å²) in [5.74, 6) is 1.81. The van der Waals surface area contributed by atoms with Crippen molar-refractivity contribution in [2.45, 2.75) is 65.3 Å². The van der Waals surface area contributed by atoms with Crippen molar-refractivity contribution in [1.82, 2.24) is 24.6 Å². The van der Waals surface area contributed by atoms with Crippen molar-refractivity contribution in [3.63, 3.8) is 0 Å². The van der Waals surface area contributed by atoms with Crippen LogP contribution in [0.2, 0.25) is 0 Å². The molecule has 4 aromatic rings. The molecule has 2 unspecified atom stereocenters. The maximum atomic E-state index is 13.9. The van der Waals surface area contributed by atoms with Crippen LogP contribution in [0.15, 0.2) is 62.6 Å². The highest BCUT2D eigenvalue weighted by Gasteiger charge is 2.38. The van der Waals surface area contributed by atoms with Gasteiger partial charge < -0.3 is 4.90 Å². The fraction of sp³-hybridized carbons (Fsp3) is 0.424. The number of aromatic amines is 1. The molecule has 1 aliphatic heterocycles. The molecule has 3 heterocycles. The van der Waals surface area contributed by atoms with Crippen LogP contribution in [0.1, 0.15) is 61.7 Å². The molecule has 1 saturated carbocycles. The highest BCUT2D eigenvalue weighted by Crippen LogP contribution is 2.38. The summed E-state index contributed by atoms with van der Waals surface area (Å²) < 4.78 is 6.47. The zero-order valence-corrected chi connectivity index (χ0v) is 24.3. The number of nitrogens with one attached hydrogen (secondary N) is 1. The Bertz CT molecular complexity index is 1690. The minimum atomic E-state index is -0.602. The predicted molar refractivity (Wildman–Crippen MR) is 160 cm³/mol. The first-order valence-corrected chi connectivity index (χ1v) is 15.0. The molecular formula is C33H37N5O4. The lowest BCUT2D eigenvalue weighted by Gasteiger charge is -2.19. The molecule has 0 bridgehead atoms. The highest BCUT2D eigenvalue weighted by atomic mass is 16.5. The number of carbonyl (C=O) groups is 1. The Morgan fingerprint density at radius 3 is 2.40 bits per heavy atom. The van der Waals surface area contributed by atoms with Gasteiger partial charge in [0.25, 0.3) is 5.56 Å². The number of aromatic nitrogens is 4. The van der Waals surface area contributed by atoms with Gasteiger partial charge in [-0.3, -0.25) is 23.7 Å². The Kier molecular flexibility index (Phi) is 7.91. The van der Waals surface area contributed by atoms with Gasteiger partial charge in [0.2, 0.25) is 5.91 Å². The Morgan fingerprint density at radius 2 is 1.74 bits per heavy atom. The smallest absolute Gasteiger partial charge is 0.342 e. The van der Waals surface area contributed by atoms with Gasteiger partial charge in [-0.25, -0.2) is 9.78 Å². The third-order valence-electron chi connectivity index (χ3n) is 8.94. The molecule has 1 saturated heterocycles. The van der Waals surface area contributed by atoms with E-state index in [1.165, 1.54) is 19.3 Å². The zero-order chi connectivity index (χ0) is 29.2. The number of hydrogen-bond donors (Lipinski definition) is 1. The monoisotopic (exact) mass is 567 g/mol. The van der Waals surface area contributed by atoms with Crippen LogP contribution in [0.3, 0.4) is 0 Å². The van der Waals surface area contributed by atoms with Crippen LogP contribution in [0.25, 0.3) is 22.5 Å². The normalized spacial score (nSPS) is 18.0. The molecule has 9 heteroatoms. The Morgan fingerprint density at radius 1 is 1.02 bits per heavy atom. The Labute approximate surface area is 244 Å². The van der Waals surface area contributed by atoms with Crippen molar-refractivity contribution < 1.29 is 9.32 Å². The van der Waals surface area contributed by atoms with E-state index in [1.54, 1.807) is 4.57 Å². The third-order valence-corrected chi connectivity index (χ3v) is 8.94. The van der Waals surface area contributed by atoms with E-state index in [0.717, 1.165) is 54.0 Å². The molecule has 218 valence electrons. The van der Waals surface area contributed by atoms with Gasteiger partial charge in [-0.1, -0.05) is 73.5 Å². The number of nitrogens with zero attached hydrogens (tertiary/aromatic N) is 4. The van der Waals surface area contributed by atoms with Crippen LogP contribution in [0.4, 0.5) is 0 Å². The molecule has 6 rings (SSSR count). The fourth-order valence-corrected chi connectivity index (χ4v) is 6.61. The van der Waals surface area contributed by atoms with Crippen LogP contribution in [0, 0.1) is 18.8 Å². The number of H-pyrrole nitrogens is 1. The average molecular weight is 568 g/mol. The average Bonchev–Trinajstić information content (AvgIpc) is 3.73. The number of fused-ring (bicyclic) bond motifs is 1. The van der Waals surface area contributed by atoms with Gasteiger partial charge in [-0.15, -0.1) is 0 Å². The van der Waals surface area contributed by atoms with Gasteiger partial charge in [0.15, 0.2) is 5.82 Å². The minimum Gasteiger partial charge on any atom is -0.342 e. The van der Waals surface area contributed by atoms with E-state index in [9.17, 15) is 14.4 Å². The van der Waals surface area contributed by atoms with Crippen molar-refractivity contribution in [1.29, 1.82) is 0 Å². The van der Waals surface area contributed by atoms with Gasteiger partial charge in [-0.2, -0.15) is 0 Å². The van der Waals surface area contributed by atoms with Gasteiger partial charge in [0, 0.05) is 36.3 Å². The molecule has 0 spiro atoms. The van der Waals surface area contributed by atoms with E-state index in [2.05, 4.69) is 17.1 Å². The van der Waals surface area contributed by atoms with Crippen molar-refractivity contribution >= 4 is 5.91 Å². The zero-order valence-electron chi connectivity index (χ0n) is 24.3. The molecule has 1 aliphatic carbocycles. The van der Waals surface area contributed by atoms with Crippen molar-refractivity contribution in [2.24, 2.45) is 11.8 Å². The van der Waals surface area contributed by atoms with E-state index in [0.29, 0.717) is 41.9 Å². The first-order chi connectivity index (χ1) is 20.4. The summed E-state index contributed by atoms with van der Waals surface area (Å²) in [6, 6.07) is 15.7. The van der Waals surface area contributed by atoms with E-state index in [-0.39, 0.29) is 17.9 Å². The number of likely N-dealkylation sites (tertiary alicyclic amines) is 1. The summed E-state index contributed by atoms with van der Waals surface area (Å²) in [6.07, 6.45) is 6.41. The summed E-state index contributed by atoms with van der Waals surface area (Å²) in [4.78, 5) is 48.2. The number of carbonyl (C=O) groups excluding carboxylic acids is 1. The van der Waals surface area contributed by atoms with E-state index in [4.69, 9.17) is 9.51 Å². The summed E-state index contributed by atoms with van der Waals surface area (Å²) in [5.41, 5.74) is 4.61. The first-order valence-electron chi connectivity index (χ1n) is 15.0. The fourth-order valence-electron chi connectivity index (χ4n) is 6.61. The molecule has 9 nitrogen and oxygen atoms in total. The number of unbranched alkanes of at least 4 members (excludes halogenated alkanes) is 1. The van der Waals surface area contributed by atoms with Crippen LogP contribution in [-0.2, 0) is 24.2 Å². The molecule has 2 aliphatic rings. The van der Waals surface area contributed by atoms with Crippen LogP contribution < -0.4 is 11.3 Å². The van der Waals surface area contributed by atoms with Gasteiger partial charge in [-0.05, 0) is 54.7 Å². The van der Waals surface area contributed by atoms with Crippen molar-refractivity contribution in [3.05, 3.63) is 92.1 Å². The standard InChI is InChI=1S/C33H37N5O4/c1-3-4-12-29-34-21(2)28(17-30(39)37-19-24-8-7-9-25(24)20-37)32(40)38(29)18-22-13-15-23(16-14-22)26-10-5-6-11-27(26)31-35-33(41)42-36-31/h5-6,10-11,13-16,24-25H,3-4,7-9,12,17-20H2,1-2H3,(H,35,36,41). The quantitative estimate of drug-likeness (QED) is 0.312. The number of benzene rings is 2. The van der Waals surface area contributed by atoms with E-state index < -0.39 is 5.76 Å². The molecule has 2 aromatic carbocycles. The van der Waals surface area contributed by atoms with E-state index >= 15 is 0 Å². The molecular weight excluding hydrogens is 530 g/mol. The molecule has 2 aromatic heterocycles. The van der Waals surface area contributed by atoms with Crippen molar-refractivity contribution in [3.8, 4) is 22.5 Å². The van der Waals surface area contributed by atoms with Gasteiger partial charge >= 0.3 is 5.76 Å². The second-order valence-electron chi connectivity index (χ2n) is 11.7. The second kappa shape index (κ2) is 11.9. The molecule has 1 N–H and O–H groups in total. The number of amides is 1. The van der Waals surface area contributed by atoms with Crippen LogP contribution in [-0.4, -0.2) is 43.6 Å². The molecule has 0 radical (unpaired) electrons. The SMILES string of the molecule is CCCCc1nc(C)c(CC(=O)N2CC3CCCC3C2)c(=O)n1Cc1ccc(-c2ccccc2-c2noc(=O)[nH]2)cc1. The first kappa shape index (κ1) is 27.9. The summed E-state index contributed by atoms with van der Waals surface area (Å²) in [6.45, 7) is 6.00. The summed E-state index contributed by atoms with van der Waals surface area (Å²) in [7, 11) is 0. The number of aryl methyl sites for hydroxylation is 2. The lowest BCUT2D eigenvalue weighted by Crippen LogP contribution is -2.36. The third kappa shape index (κ3) is 5.60. The minimum absolute atomic E-state index is 0.0377. The van der Waals surface area contributed by atoms with Crippen LogP contribution in [0.5, 0.6) is 0 Å². The topological polar surface area (TPSA) is 114 Å². The van der Waals surface area contributed by atoms with E-state index in [1.807, 2.05) is 60.4 Å². The molecule has 2 atom stereocenters. The van der Waals surface area contributed by atoms with Gasteiger partial charge in [0.1, 0.15) is 5.82 Å². The Balaban J connectivity index is 1.27.